The summed E-state index contributed by atoms with van der Waals surface area (Å²) in [6, 6.07) is 12.2. The Hall–Kier alpha value is -2.86. The summed E-state index contributed by atoms with van der Waals surface area (Å²) in [6.07, 6.45) is 4.42. The zero-order valence-electron chi connectivity index (χ0n) is 13.6. The highest BCUT2D eigenvalue weighted by Gasteiger charge is 2.22. The summed E-state index contributed by atoms with van der Waals surface area (Å²) in [5.41, 5.74) is 8.60. The second-order valence-corrected chi connectivity index (χ2v) is 6.17. The third-order valence-electron chi connectivity index (χ3n) is 4.34. The van der Waals surface area contributed by atoms with E-state index in [1.807, 2.05) is 18.2 Å². The number of rotatable bonds is 3. The average molecular weight is 335 g/mol. The lowest BCUT2D eigenvalue weighted by Gasteiger charge is -2.18. The first-order valence-electron chi connectivity index (χ1n) is 8.25. The number of benzene rings is 1. The quantitative estimate of drug-likeness (QED) is 0.797. The highest BCUT2D eigenvalue weighted by molar-refractivity contribution is 5.67. The highest BCUT2D eigenvalue weighted by Crippen LogP contribution is 2.27. The van der Waals surface area contributed by atoms with Crippen LogP contribution in [0.15, 0.2) is 54.9 Å². The lowest BCUT2D eigenvalue weighted by Crippen LogP contribution is -2.27. The molecular weight excluding hydrogens is 317 g/mol. The molecule has 1 saturated heterocycles. The molecule has 1 atom stereocenters. The van der Waals surface area contributed by atoms with E-state index < -0.39 is 0 Å². The molecule has 4 rings (SSSR count). The van der Waals surface area contributed by atoms with Crippen molar-refractivity contribution in [2.24, 2.45) is 5.73 Å². The minimum Gasteiger partial charge on any atom is -0.355 e. The van der Waals surface area contributed by atoms with Crippen LogP contribution in [-0.4, -0.2) is 34.1 Å². The van der Waals surface area contributed by atoms with Crippen molar-refractivity contribution in [3.8, 4) is 22.6 Å². The van der Waals surface area contributed by atoms with Gasteiger partial charge in [0.1, 0.15) is 11.6 Å². The van der Waals surface area contributed by atoms with Gasteiger partial charge in [0.05, 0.1) is 5.69 Å². The van der Waals surface area contributed by atoms with Crippen LogP contribution in [0.2, 0.25) is 0 Å². The van der Waals surface area contributed by atoms with Gasteiger partial charge in [-0.3, -0.25) is 4.98 Å². The first-order valence-corrected chi connectivity index (χ1v) is 8.25. The van der Waals surface area contributed by atoms with Crippen molar-refractivity contribution in [3.63, 3.8) is 0 Å². The van der Waals surface area contributed by atoms with Gasteiger partial charge in [-0.2, -0.15) is 0 Å². The molecule has 1 fully saturated rings. The third-order valence-corrected chi connectivity index (χ3v) is 4.34. The Kier molecular flexibility index (Phi) is 4.11. The molecule has 0 spiro atoms. The molecule has 3 aromatic rings. The second kappa shape index (κ2) is 6.57. The van der Waals surface area contributed by atoms with Crippen LogP contribution in [0.25, 0.3) is 22.6 Å². The standard InChI is InChI=1S/C19H18FN5/c20-15-3-1-14(2-4-15)19-23-17(13-5-8-22-9-6-13)11-18(24-19)25-10-7-16(21)12-25/h1-6,8-9,11,16H,7,10,12,21H2. The van der Waals surface area contributed by atoms with E-state index in [4.69, 9.17) is 10.7 Å². The first-order chi connectivity index (χ1) is 12.2. The van der Waals surface area contributed by atoms with Crippen LogP contribution in [0.4, 0.5) is 10.2 Å². The van der Waals surface area contributed by atoms with Crippen molar-refractivity contribution in [3.05, 3.63) is 60.7 Å². The monoisotopic (exact) mass is 335 g/mol. The number of hydrogen-bond acceptors (Lipinski definition) is 5. The zero-order valence-corrected chi connectivity index (χ0v) is 13.6. The molecule has 0 aliphatic carbocycles. The molecule has 1 unspecified atom stereocenters. The van der Waals surface area contributed by atoms with Gasteiger partial charge in [-0.25, -0.2) is 14.4 Å². The average Bonchev–Trinajstić information content (AvgIpc) is 3.09. The summed E-state index contributed by atoms with van der Waals surface area (Å²) < 4.78 is 13.2. The van der Waals surface area contributed by atoms with Gasteiger partial charge in [0.15, 0.2) is 5.82 Å². The minimum absolute atomic E-state index is 0.161. The van der Waals surface area contributed by atoms with Crippen molar-refractivity contribution >= 4 is 5.82 Å². The van der Waals surface area contributed by atoms with Crippen molar-refractivity contribution in [2.45, 2.75) is 12.5 Å². The molecule has 2 aromatic heterocycles. The molecular formula is C19H18FN5. The maximum absolute atomic E-state index is 13.2. The lowest BCUT2D eigenvalue weighted by molar-refractivity contribution is 0.628. The van der Waals surface area contributed by atoms with E-state index in [0.717, 1.165) is 42.1 Å². The maximum atomic E-state index is 13.2. The van der Waals surface area contributed by atoms with Crippen molar-refractivity contribution in [2.75, 3.05) is 18.0 Å². The van der Waals surface area contributed by atoms with Crippen LogP contribution >= 0.6 is 0 Å². The van der Waals surface area contributed by atoms with Crippen LogP contribution in [-0.2, 0) is 0 Å². The summed E-state index contributed by atoms with van der Waals surface area (Å²) in [5.74, 6) is 1.14. The highest BCUT2D eigenvalue weighted by atomic mass is 19.1. The SMILES string of the molecule is NC1CCN(c2cc(-c3ccncc3)nc(-c3ccc(F)cc3)n2)C1. The molecule has 5 nitrogen and oxygen atoms in total. The van der Waals surface area contributed by atoms with Gasteiger partial charge in [-0.15, -0.1) is 0 Å². The molecule has 0 bridgehead atoms. The van der Waals surface area contributed by atoms with Crippen molar-refractivity contribution < 1.29 is 4.39 Å². The smallest absolute Gasteiger partial charge is 0.162 e. The Bertz CT molecular complexity index is 867. The molecule has 25 heavy (non-hydrogen) atoms. The zero-order chi connectivity index (χ0) is 17.2. The van der Waals surface area contributed by atoms with Gasteiger partial charge in [0.25, 0.3) is 0 Å². The van der Waals surface area contributed by atoms with E-state index in [-0.39, 0.29) is 11.9 Å². The normalized spacial score (nSPS) is 17.0. The van der Waals surface area contributed by atoms with Crippen LogP contribution in [0.5, 0.6) is 0 Å². The topological polar surface area (TPSA) is 67.9 Å². The minimum atomic E-state index is -0.278. The van der Waals surface area contributed by atoms with E-state index in [2.05, 4.69) is 14.9 Å². The Morgan fingerprint density at radius 3 is 2.44 bits per heavy atom. The van der Waals surface area contributed by atoms with Gasteiger partial charge < -0.3 is 10.6 Å². The fourth-order valence-corrected chi connectivity index (χ4v) is 2.99. The molecule has 0 saturated carbocycles. The summed E-state index contributed by atoms with van der Waals surface area (Å²) in [4.78, 5) is 15.6. The predicted molar refractivity (Wildman–Crippen MR) is 95.5 cm³/mol. The van der Waals surface area contributed by atoms with E-state index in [0.29, 0.717) is 5.82 Å². The Balaban J connectivity index is 1.81. The van der Waals surface area contributed by atoms with Crippen LogP contribution in [0.3, 0.4) is 0 Å². The number of halogens is 1. The summed E-state index contributed by atoms with van der Waals surface area (Å²) in [6.45, 7) is 1.65. The Morgan fingerprint density at radius 1 is 1.00 bits per heavy atom. The molecule has 1 aromatic carbocycles. The first kappa shape index (κ1) is 15.7. The van der Waals surface area contributed by atoms with Crippen LogP contribution in [0.1, 0.15) is 6.42 Å². The molecule has 1 aliphatic heterocycles. The van der Waals surface area contributed by atoms with Crippen molar-refractivity contribution in [1.29, 1.82) is 0 Å². The van der Waals surface area contributed by atoms with Crippen LogP contribution < -0.4 is 10.6 Å². The molecule has 0 amide bonds. The summed E-state index contributed by atoms with van der Waals surface area (Å²) in [7, 11) is 0. The number of nitrogens with two attached hydrogens (primary N) is 1. The Morgan fingerprint density at radius 2 is 1.76 bits per heavy atom. The van der Waals surface area contributed by atoms with E-state index in [1.54, 1.807) is 24.5 Å². The fraction of sp³-hybridized carbons (Fsp3) is 0.211. The Labute approximate surface area is 145 Å². The van der Waals surface area contributed by atoms with Crippen LogP contribution in [0, 0.1) is 5.82 Å². The number of anilines is 1. The molecule has 0 radical (unpaired) electrons. The molecule has 3 heterocycles. The largest absolute Gasteiger partial charge is 0.355 e. The lowest BCUT2D eigenvalue weighted by atomic mass is 10.1. The number of hydrogen-bond donors (Lipinski definition) is 1. The number of nitrogens with zero attached hydrogens (tertiary/aromatic N) is 4. The van der Waals surface area contributed by atoms with Gasteiger partial charge in [0, 0.05) is 48.7 Å². The van der Waals surface area contributed by atoms with Crippen molar-refractivity contribution in [1.82, 2.24) is 15.0 Å². The molecule has 2 N–H and O–H groups in total. The van der Waals surface area contributed by atoms with Gasteiger partial charge in [0.2, 0.25) is 0 Å². The second-order valence-electron chi connectivity index (χ2n) is 6.17. The van der Waals surface area contributed by atoms with E-state index in [9.17, 15) is 4.39 Å². The van der Waals surface area contributed by atoms with Gasteiger partial charge >= 0.3 is 0 Å². The van der Waals surface area contributed by atoms with Gasteiger partial charge in [-0.05, 0) is 42.8 Å². The molecule has 1 aliphatic rings. The van der Waals surface area contributed by atoms with E-state index in [1.165, 1.54) is 12.1 Å². The summed E-state index contributed by atoms with van der Waals surface area (Å²) >= 11 is 0. The summed E-state index contributed by atoms with van der Waals surface area (Å²) in [5, 5.41) is 0. The fourth-order valence-electron chi connectivity index (χ4n) is 2.99. The predicted octanol–water partition coefficient (Wildman–Crippen LogP) is 2.88. The van der Waals surface area contributed by atoms with Gasteiger partial charge in [-0.1, -0.05) is 0 Å². The van der Waals surface area contributed by atoms with E-state index >= 15 is 0 Å². The molecule has 126 valence electrons. The molecule has 6 heteroatoms. The number of aromatic nitrogens is 3. The maximum Gasteiger partial charge on any atom is 0.162 e. The third kappa shape index (κ3) is 3.34. The number of pyridine rings is 1.